The Kier molecular flexibility index (Phi) is 6.87. The van der Waals surface area contributed by atoms with E-state index in [2.05, 4.69) is 88.4 Å². The Morgan fingerprint density at radius 3 is 1.97 bits per heavy atom. The maximum absolute atomic E-state index is 12.6. The van der Waals surface area contributed by atoms with Crippen molar-refractivity contribution in [3.05, 3.63) is 71.6 Å². The molecule has 1 aliphatic heterocycles. The quantitative estimate of drug-likeness (QED) is 0.465. The van der Waals surface area contributed by atoms with Crippen LogP contribution in [0.1, 0.15) is 53.9 Å². The smallest absolute Gasteiger partial charge is 0.347 e. The van der Waals surface area contributed by atoms with E-state index in [4.69, 9.17) is 9.47 Å². The summed E-state index contributed by atoms with van der Waals surface area (Å²) in [6.45, 7) is 11.4. The van der Waals surface area contributed by atoms with Crippen molar-refractivity contribution in [2.45, 2.75) is 65.0 Å². The second kappa shape index (κ2) is 9.21. The maximum Gasteiger partial charge on any atom is 0.347 e. The molecule has 0 spiro atoms. The summed E-state index contributed by atoms with van der Waals surface area (Å²) in [4.78, 5) is 12.6. The molecule has 0 bridgehead atoms. The van der Waals surface area contributed by atoms with Crippen molar-refractivity contribution in [1.29, 1.82) is 0 Å². The summed E-state index contributed by atoms with van der Waals surface area (Å²) in [5, 5.41) is 4.05. The summed E-state index contributed by atoms with van der Waals surface area (Å²) in [5.41, 5.74) is 0. The number of rotatable bonds is 7. The van der Waals surface area contributed by atoms with E-state index in [9.17, 15) is 4.79 Å². The fourth-order valence-electron chi connectivity index (χ4n) is 4.96. The van der Waals surface area contributed by atoms with Crippen molar-refractivity contribution in [1.82, 2.24) is 0 Å². The summed E-state index contributed by atoms with van der Waals surface area (Å²) in [7, 11) is -2.48. The highest BCUT2D eigenvalue weighted by atomic mass is 28.3. The van der Waals surface area contributed by atoms with Gasteiger partial charge in [0, 0.05) is 12.8 Å². The molecule has 0 unspecified atom stereocenters. The standard InChI is InChI=1S/C26H34O3Si/c1-6-14-22-24(19-23(29-22)25(27)28-7-2)30(26(3,4)5,20-15-10-8-11-16-20)21-17-12-9-13-18-21/h8-13,15-18,23H,6-7,14,19H2,1-5H3/t23-/m1/s1. The van der Waals surface area contributed by atoms with E-state index in [1.165, 1.54) is 15.6 Å². The molecule has 4 heteroatoms. The molecule has 1 heterocycles. The summed E-state index contributed by atoms with van der Waals surface area (Å²) < 4.78 is 11.6. The van der Waals surface area contributed by atoms with Gasteiger partial charge in [0.1, 0.15) is 0 Å². The molecule has 0 aromatic heterocycles. The number of ether oxygens (including phenoxy) is 2. The molecule has 1 atom stereocenters. The third kappa shape index (κ3) is 3.98. The fraction of sp³-hybridized carbons (Fsp3) is 0.423. The van der Waals surface area contributed by atoms with Gasteiger partial charge in [0.25, 0.3) is 0 Å². The highest BCUT2D eigenvalue weighted by Gasteiger charge is 2.54. The molecule has 30 heavy (non-hydrogen) atoms. The van der Waals surface area contributed by atoms with Crippen molar-refractivity contribution >= 4 is 24.4 Å². The number of carbonyl (C=O) groups excluding carboxylic acids is 1. The van der Waals surface area contributed by atoms with Gasteiger partial charge in [-0.3, -0.25) is 0 Å². The molecular formula is C26H34O3Si. The van der Waals surface area contributed by atoms with Crippen LogP contribution in [-0.4, -0.2) is 26.8 Å². The van der Waals surface area contributed by atoms with Crippen LogP contribution in [0.5, 0.6) is 0 Å². The molecular weight excluding hydrogens is 388 g/mol. The van der Waals surface area contributed by atoms with Crippen molar-refractivity contribution in [3.8, 4) is 0 Å². The molecule has 0 radical (unpaired) electrons. The van der Waals surface area contributed by atoms with E-state index in [0.717, 1.165) is 18.6 Å². The Hall–Kier alpha value is -2.33. The lowest BCUT2D eigenvalue weighted by Crippen LogP contribution is -2.66. The second-order valence-electron chi connectivity index (χ2n) is 8.95. The van der Waals surface area contributed by atoms with Gasteiger partial charge in [-0.15, -0.1) is 0 Å². The zero-order valence-electron chi connectivity index (χ0n) is 18.9. The molecule has 0 fully saturated rings. The van der Waals surface area contributed by atoms with Crippen LogP contribution in [0.2, 0.25) is 5.04 Å². The maximum atomic E-state index is 12.6. The van der Waals surface area contributed by atoms with Gasteiger partial charge < -0.3 is 9.47 Å². The third-order valence-electron chi connectivity index (χ3n) is 6.03. The second-order valence-corrected chi connectivity index (χ2v) is 13.7. The molecule has 0 amide bonds. The SMILES string of the molecule is CCCC1=C([Si](c2ccccc2)(c2ccccc2)C(C)(C)C)C[C@H](C(=O)OCC)O1. The van der Waals surface area contributed by atoms with E-state index in [1.54, 1.807) is 0 Å². The van der Waals surface area contributed by atoms with E-state index in [0.29, 0.717) is 13.0 Å². The molecule has 0 aliphatic carbocycles. The van der Waals surface area contributed by atoms with Gasteiger partial charge in [0.2, 0.25) is 0 Å². The van der Waals surface area contributed by atoms with Crippen molar-refractivity contribution < 1.29 is 14.3 Å². The highest BCUT2D eigenvalue weighted by molar-refractivity contribution is 7.09. The average Bonchev–Trinajstić information content (AvgIpc) is 3.14. The lowest BCUT2D eigenvalue weighted by atomic mass is 10.2. The Morgan fingerprint density at radius 1 is 1.00 bits per heavy atom. The Balaban J connectivity index is 2.28. The molecule has 2 aromatic carbocycles. The van der Waals surface area contributed by atoms with Crippen LogP contribution in [0.25, 0.3) is 0 Å². The van der Waals surface area contributed by atoms with Crippen LogP contribution >= 0.6 is 0 Å². The number of benzene rings is 2. The number of hydrogen-bond acceptors (Lipinski definition) is 3. The average molecular weight is 423 g/mol. The lowest BCUT2D eigenvalue weighted by molar-refractivity contribution is -0.153. The summed E-state index contributed by atoms with van der Waals surface area (Å²) in [6, 6.07) is 21.7. The van der Waals surface area contributed by atoms with E-state index >= 15 is 0 Å². The Morgan fingerprint density at radius 2 is 1.53 bits per heavy atom. The monoisotopic (exact) mass is 422 g/mol. The number of hydrogen-bond donors (Lipinski definition) is 0. The van der Waals surface area contributed by atoms with Gasteiger partial charge in [-0.25, -0.2) is 4.79 Å². The van der Waals surface area contributed by atoms with E-state index in [1.807, 2.05) is 6.92 Å². The summed E-state index contributed by atoms with van der Waals surface area (Å²) >= 11 is 0. The molecule has 3 nitrogen and oxygen atoms in total. The zero-order valence-corrected chi connectivity index (χ0v) is 19.9. The van der Waals surface area contributed by atoms with E-state index < -0.39 is 14.2 Å². The van der Waals surface area contributed by atoms with Gasteiger partial charge in [0.15, 0.2) is 14.2 Å². The largest absolute Gasteiger partial charge is 0.483 e. The van der Waals surface area contributed by atoms with Crippen LogP contribution in [0.15, 0.2) is 71.6 Å². The van der Waals surface area contributed by atoms with Crippen molar-refractivity contribution in [2.24, 2.45) is 0 Å². The Bertz CT molecular complexity index is 842. The topological polar surface area (TPSA) is 35.5 Å². The molecule has 160 valence electrons. The molecule has 2 aromatic rings. The number of carbonyl (C=O) groups is 1. The number of esters is 1. The normalized spacial score (nSPS) is 17.0. The van der Waals surface area contributed by atoms with Crippen LogP contribution in [0.4, 0.5) is 0 Å². The summed E-state index contributed by atoms with van der Waals surface area (Å²) in [5.74, 6) is 0.754. The molecule has 1 aliphatic rings. The first-order valence-corrected chi connectivity index (χ1v) is 13.0. The number of allylic oxidation sites excluding steroid dienone is 1. The third-order valence-corrected chi connectivity index (χ3v) is 12.1. The Labute approximate surface area is 182 Å². The highest BCUT2D eigenvalue weighted by Crippen LogP contribution is 2.46. The van der Waals surface area contributed by atoms with Crippen molar-refractivity contribution in [2.75, 3.05) is 6.61 Å². The van der Waals surface area contributed by atoms with Gasteiger partial charge in [-0.2, -0.15) is 0 Å². The predicted octanol–water partition coefficient (Wildman–Crippen LogP) is 5.00. The van der Waals surface area contributed by atoms with Crippen LogP contribution < -0.4 is 10.4 Å². The first kappa shape index (κ1) is 22.4. The summed E-state index contributed by atoms with van der Waals surface area (Å²) in [6.07, 6.45) is 1.90. The molecule has 0 saturated heterocycles. The lowest BCUT2D eigenvalue weighted by Gasteiger charge is -2.45. The van der Waals surface area contributed by atoms with Crippen molar-refractivity contribution in [3.63, 3.8) is 0 Å². The molecule has 3 rings (SSSR count). The predicted molar refractivity (Wildman–Crippen MR) is 126 cm³/mol. The van der Waals surface area contributed by atoms with E-state index in [-0.39, 0.29) is 11.0 Å². The minimum Gasteiger partial charge on any atom is -0.483 e. The van der Waals surface area contributed by atoms with Crippen LogP contribution in [0, 0.1) is 0 Å². The molecule has 0 N–H and O–H groups in total. The molecule has 0 saturated carbocycles. The van der Waals surface area contributed by atoms with Crippen LogP contribution in [-0.2, 0) is 14.3 Å². The van der Waals surface area contributed by atoms with Gasteiger partial charge in [-0.1, -0.05) is 88.4 Å². The van der Waals surface area contributed by atoms with Gasteiger partial charge in [-0.05, 0) is 34.0 Å². The van der Waals surface area contributed by atoms with Gasteiger partial charge in [0.05, 0.1) is 12.4 Å². The first-order chi connectivity index (χ1) is 14.4. The minimum absolute atomic E-state index is 0.0169. The first-order valence-electron chi connectivity index (χ1n) is 11.0. The fourth-order valence-corrected chi connectivity index (χ4v) is 11.1. The minimum atomic E-state index is -2.48. The van der Waals surface area contributed by atoms with Gasteiger partial charge >= 0.3 is 5.97 Å². The zero-order chi connectivity index (χ0) is 21.8. The van der Waals surface area contributed by atoms with Crippen LogP contribution in [0.3, 0.4) is 0 Å².